The average Bonchev–Trinajstić information content (AvgIpc) is 2.65. The Morgan fingerprint density at radius 3 is 2.80 bits per heavy atom. The van der Waals surface area contributed by atoms with Crippen LogP contribution in [0.2, 0.25) is 0 Å². The van der Waals surface area contributed by atoms with Crippen molar-refractivity contribution < 1.29 is 5.11 Å². The fourth-order valence-electron chi connectivity index (χ4n) is 6.13. The van der Waals surface area contributed by atoms with E-state index in [0.717, 1.165) is 6.42 Å². The Morgan fingerprint density at radius 2 is 1.84 bits per heavy atom. The molecule has 0 aliphatic heterocycles. The molecule has 0 heterocycles. The van der Waals surface area contributed by atoms with Crippen molar-refractivity contribution in [1.29, 1.82) is 0 Å². The van der Waals surface area contributed by atoms with E-state index in [1.54, 1.807) is 0 Å². The average molecular weight is 321 g/mol. The molecule has 0 fully saturated rings. The first-order chi connectivity index (χ1) is 12.3. The minimum absolute atomic E-state index is 0.0646. The molecule has 1 radical (unpaired) electrons. The van der Waals surface area contributed by atoms with Gasteiger partial charge in [0.15, 0.2) is 0 Å². The van der Waals surface area contributed by atoms with Crippen molar-refractivity contribution in [2.45, 2.75) is 12.0 Å². The summed E-state index contributed by atoms with van der Waals surface area (Å²) in [6.07, 6.45) is 21.3. The van der Waals surface area contributed by atoms with Crippen LogP contribution < -0.4 is 0 Å². The maximum atomic E-state index is 12.2. The summed E-state index contributed by atoms with van der Waals surface area (Å²) in [7, 11) is 0. The molecule has 4 atom stereocenters. The lowest BCUT2D eigenvalue weighted by molar-refractivity contribution is -0.0585. The van der Waals surface area contributed by atoms with Crippen LogP contribution in [0.15, 0.2) is 71.4 Å². The molecule has 119 valence electrons. The number of benzene rings is 1. The molecule has 7 rings (SSSR count). The van der Waals surface area contributed by atoms with Gasteiger partial charge in [0.1, 0.15) is 5.60 Å². The van der Waals surface area contributed by atoms with Gasteiger partial charge in [-0.1, -0.05) is 72.4 Å². The van der Waals surface area contributed by atoms with E-state index in [2.05, 4.69) is 66.8 Å². The summed E-state index contributed by atoms with van der Waals surface area (Å²) in [6.45, 7) is 0. The fourth-order valence-corrected chi connectivity index (χ4v) is 6.13. The minimum atomic E-state index is -0.822. The Kier molecular flexibility index (Phi) is 2.01. The van der Waals surface area contributed by atoms with Crippen molar-refractivity contribution in [3.05, 3.63) is 99.6 Å². The molecule has 1 nitrogen and oxygen atoms in total. The zero-order valence-electron chi connectivity index (χ0n) is 13.7. The first-order valence-corrected chi connectivity index (χ1v) is 9.19. The highest BCUT2D eigenvalue weighted by atomic mass is 16.3. The van der Waals surface area contributed by atoms with Crippen LogP contribution in [-0.4, -0.2) is 5.11 Å². The lowest BCUT2D eigenvalue weighted by Crippen LogP contribution is -2.55. The van der Waals surface area contributed by atoms with Gasteiger partial charge >= 0.3 is 0 Å². The predicted octanol–water partition coefficient (Wildman–Crippen LogP) is 4.48. The largest absolute Gasteiger partial charge is 0.384 e. The second-order valence-electron chi connectivity index (χ2n) is 8.04. The molecular formula is C24H17O. The van der Waals surface area contributed by atoms with Gasteiger partial charge < -0.3 is 5.11 Å². The second kappa shape index (κ2) is 3.89. The van der Waals surface area contributed by atoms with Gasteiger partial charge in [-0.15, -0.1) is 0 Å². The lowest BCUT2D eigenvalue weighted by atomic mass is 9.47. The molecule has 1 aromatic carbocycles. The zero-order chi connectivity index (χ0) is 16.3. The molecule has 3 unspecified atom stereocenters. The molecule has 0 saturated carbocycles. The summed E-state index contributed by atoms with van der Waals surface area (Å²) in [5.74, 6) is 1.97. The van der Waals surface area contributed by atoms with Crippen LogP contribution in [-0.2, 0) is 5.60 Å². The molecule has 25 heavy (non-hydrogen) atoms. The predicted molar refractivity (Wildman–Crippen MR) is 99.2 cm³/mol. The number of rotatable bonds is 0. The first-order valence-electron chi connectivity index (χ1n) is 9.19. The van der Waals surface area contributed by atoms with Crippen LogP contribution in [0.5, 0.6) is 0 Å². The van der Waals surface area contributed by atoms with E-state index >= 15 is 0 Å². The SMILES string of the molecule is O[C@@]12c3c4ccc5c3[C]3C(=CCC6=CC=C(C=CC1C=C4)C2C36)C=C5. The molecule has 0 amide bonds. The Morgan fingerprint density at radius 1 is 0.960 bits per heavy atom. The Labute approximate surface area is 147 Å². The maximum absolute atomic E-state index is 12.2. The molecule has 6 aliphatic carbocycles. The van der Waals surface area contributed by atoms with Gasteiger partial charge in [0.05, 0.1) is 0 Å². The summed E-state index contributed by atoms with van der Waals surface area (Å²) >= 11 is 0. The molecule has 0 spiro atoms. The van der Waals surface area contributed by atoms with Gasteiger partial charge in [-0.2, -0.15) is 0 Å². The molecule has 1 aromatic rings. The van der Waals surface area contributed by atoms with Crippen LogP contribution >= 0.6 is 0 Å². The van der Waals surface area contributed by atoms with Gasteiger partial charge in [-0.05, 0) is 39.8 Å². The third-order valence-corrected chi connectivity index (χ3v) is 7.10. The van der Waals surface area contributed by atoms with Crippen LogP contribution in [0.3, 0.4) is 0 Å². The van der Waals surface area contributed by atoms with Crippen molar-refractivity contribution in [2.75, 3.05) is 0 Å². The van der Waals surface area contributed by atoms with Gasteiger partial charge in [0.2, 0.25) is 0 Å². The molecule has 6 aliphatic rings. The highest BCUT2D eigenvalue weighted by molar-refractivity contribution is 5.81. The molecule has 0 aromatic heterocycles. The lowest BCUT2D eigenvalue weighted by Gasteiger charge is -2.58. The number of hydrogen-bond acceptors (Lipinski definition) is 1. The van der Waals surface area contributed by atoms with Crippen LogP contribution in [0.4, 0.5) is 0 Å². The van der Waals surface area contributed by atoms with Gasteiger partial charge in [0, 0.05) is 23.7 Å². The third kappa shape index (κ3) is 1.25. The van der Waals surface area contributed by atoms with E-state index < -0.39 is 5.60 Å². The van der Waals surface area contributed by atoms with Crippen molar-refractivity contribution in [3.63, 3.8) is 0 Å². The summed E-state index contributed by atoms with van der Waals surface area (Å²) in [5, 5.41) is 12.2. The van der Waals surface area contributed by atoms with E-state index in [9.17, 15) is 5.11 Å². The zero-order valence-corrected chi connectivity index (χ0v) is 13.7. The summed E-state index contributed by atoms with van der Waals surface area (Å²) in [5.41, 5.74) is 8.22. The monoisotopic (exact) mass is 321 g/mol. The maximum Gasteiger partial charge on any atom is 0.108 e. The standard InChI is InChI=1S/C24H17O/c25-24-18-11-9-16-7-5-14-3-1-13-2-4-15-6-8-17(10-12-18)23(24)21(15)19(13)20(14)22(16)24/h1-3,5-12,18,21,23,25H,4H2/t18?,21?,23?,24-/m1/s1. The highest BCUT2D eigenvalue weighted by Gasteiger charge is 2.60. The van der Waals surface area contributed by atoms with E-state index in [0.29, 0.717) is 5.92 Å². The smallest absolute Gasteiger partial charge is 0.108 e. The van der Waals surface area contributed by atoms with E-state index in [1.807, 2.05) is 0 Å². The topological polar surface area (TPSA) is 20.2 Å². The number of hydrogen-bond donors (Lipinski definition) is 1. The quantitative estimate of drug-likeness (QED) is 0.747. The second-order valence-corrected chi connectivity index (χ2v) is 8.04. The van der Waals surface area contributed by atoms with E-state index in [-0.39, 0.29) is 11.8 Å². The molecule has 1 N–H and O–H groups in total. The minimum Gasteiger partial charge on any atom is -0.384 e. The molecule has 1 heteroatoms. The summed E-state index contributed by atoms with van der Waals surface area (Å²) in [6, 6.07) is 4.40. The first kappa shape index (κ1) is 12.9. The summed E-state index contributed by atoms with van der Waals surface area (Å²) < 4.78 is 0. The van der Waals surface area contributed by atoms with Gasteiger partial charge in [-0.25, -0.2) is 0 Å². The Balaban J connectivity index is 1.71. The van der Waals surface area contributed by atoms with Crippen LogP contribution in [0.25, 0.3) is 12.2 Å². The highest BCUT2D eigenvalue weighted by Crippen LogP contribution is 2.65. The Hall–Kier alpha value is -2.38. The van der Waals surface area contributed by atoms with Crippen molar-refractivity contribution in [1.82, 2.24) is 0 Å². The Bertz CT molecular complexity index is 1060. The van der Waals surface area contributed by atoms with Gasteiger partial charge in [0.25, 0.3) is 0 Å². The molecular weight excluding hydrogens is 304 g/mol. The molecule has 0 saturated heterocycles. The van der Waals surface area contributed by atoms with Crippen LogP contribution in [0, 0.1) is 23.7 Å². The normalized spacial score (nSPS) is 37.5. The number of aliphatic hydroxyl groups is 1. The van der Waals surface area contributed by atoms with E-state index in [4.69, 9.17) is 0 Å². The van der Waals surface area contributed by atoms with E-state index in [1.165, 1.54) is 44.9 Å². The fraction of sp³-hybridized carbons (Fsp3) is 0.208. The molecule has 0 bridgehead atoms. The van der Waals surface area contributed by atoms with Gasteiger partial charge in [-0.3, -0.25) is 0 Å². The third-order valence-electron chi connectivity index (χ3n) is 7.10. The summed E-state index contributed by atoms with van der Waals surface area (Å²) in [4.78, 5) is 0. The van der Waals surface area contributed by atoms with Crippen molar-refractivity contribution in [2.24, 2.45) is 17.8 Å². The van der Waals surface area contributed by atoms with Crippen molar-refractivity contribution in [3.8, 4) is 0 Å². The number of allylic oxidation sites excluding steroid dienone is 7. The van der Waals surface area contributed by atoms with Crippen molar-refractivity contribution >= 4 is 12.2 Å². The van der Waals surface area contributed by atoms with Crippen LogP contribution in [0.1, 0.15) is 28.7 Å².